The Labute approximate surface area is 122 Å². The van der Waals surface area contributed by atoms with Crippen LogP contribution in [0.15, 0.2) is 0 Å². The van der Waals surface area contributed by atoms with Crippen LogP contribution < -0.4 is 16.4 Å². The number of likely N-dealkylation sites (N-methyl/N-ethyl adjacent to an activating group) is 1. The lowest BCUT2D eigenvalue weighted by atomic mass is 10.0. The smallest absolute Gasteiger partial charge is 0.239 e. The summed E-state index contributed by atoms with van der Waals surface area (Å²) in [6.07, 6.45) is 0. The van der Waals surface area contributed by atoms with E-state index in [4.69, 9.17) is 5.73 Å². The average molecular weight is 286 g/mol. The van der Waals surface area contributed by atoms with E-state index >= 15 is 0 Å². The first-order valence-corrected chi connectivity index (χ1v) is 7.13. The van der Waals surface area contributed by atoms with Gasteiger partial charge in [-0.15, -0.1) is 0 Å². The van der Waals surface area contributed by atoms with Crippen molar-refractivity contribution < 1.29 is 9.59 Å². The molecule has 0 aliphatic heterocycles. The molecule has 20 heavy (non-hydrogen) atoms. The van der Waals surface area contributed by atoms with Crippen molar-refractivity contribution in [2.45, 2.75) is 39.8 Å². The van der Waals surface area contributed by atoms with Crippen molar-refractivity contribution in [3.63, 3.8) is 0 Å². The van der Waals surface area contributed by atoms with Gasteiger partial charge in [0.05, 0.1) is 12.6 Å². The van der Waals surface area contributed by atoms with E-state index in [0.717, 1.165) is 0 Å². The minimum atomic E-state index is -0.576. The maximum absolute atomic E-state index is 11.7. The molecule has 6 heteroatoms. The highest BCUT2D eigenvalue weighted by atomic mass is 16.2. The zero-order valence-electron chi connectivity index (χ0n) is 13.6. The van der Waals surface area contributed by atoms with Crippen molar-refractivity contribution in [1.82, 2.24) is 15.5 Å². The second-order valence-electron chi connectivity index (χ2n) is 6.07. The molecule has 2 atom stereocenters. The van der Waals surface area contributed by atoms with Crippen LogP contribution in [0.2, 0.25) is 0 Å². The molecule has 0 aromatic carbocycles. The quantitative estimate of drug-likeness (QED) is 0.576. The van der Waals surface area contributed by atoms with Gasteiger partial charge in [-0.1, -0.05) is 27.7 Å². The number of rotatable bonds is 8. The fourth-order valence-corrected chi connectivity index (χ4v) is 1.88. The molecule has 0 spiro atoms. The van der Waals surface area contributed by atoms with Crippen LogP contribution in [-0.2, 0) is 9.59 Å². The molecular weight excluding hydrogens is 256 g/mol. The molecule has 0 rings (SSSR count). The summed E-state index contributed by atoms with van der Waals surface area (Å²) >= 11 is 0. The highest BCUT2D eigenvalue weighted by Crippen LogP contribution is 2.05. The molecule has 0 aromatic heterocycles. The molecule has 2 amide bonds. The Kier molecular flexibility index (Phi) is 8.41. The zero-order valence-corrected chi connectivity index (χ0v) is 13.6. The van der Waals surface area contributed by atoms with E-state index in [-0.39, 0.29) is 30.3 Å². The van der Waals surface area contributed by atoms with Crippen LogP contribution >= 0.6 is 0 Å². The summed E-state index contributed by atoms with van der Waals surface area (Å²) in [6, 6.07) is -0.305. The number of nitrogens with zero attached hydrogens (tertiary/aromatic N) is 1. The Morgan fingerprint density at radius 1 is 1.05 bits per heavy atom. The van der Waals surface area contributed by atoms with E-state index in [1.807, 2.05) is 27.9 Å². The molecule has 0 fully saturated rings. The first-order valence-electron chi connectivity index (χ1n) is 7.13. The first kappa shape index (κ1) is 18.9. The summed E-state index contributed by atoms with van der Waals surface area (Å²) < 4.78 is 0. The van der Waals surface area contributed by atoms with Crippen molar-refractivity contribution in [3.05, 3.63) is 0 Å². The normalized spacial score (nSPS) is 14.5. The van der Waals surface area contributed by atoms with Gasteiger partial charge in [0.15, 0.2) is 0 Å². The van der Waals surface area contributed by atoms with Crippen molar-refractivity contribution >= 4 is 11.8 Å². The van der Waals surface area contributed by atoms with E-state index < -0.39 is 6.04 Å². The van der Waals surface area contributed by atoms with Crippen molar-refractivity contribution in [3.8, 4) is 0 Å². The predicted octanol–water partition coefficient (Wildman–Crippen LogP) is -0.212. The minimum Gasteiger partial charge on any atom is -0.353 e. The summed E-state index contributed by atoms with van der Waals surface area (Å²) in [4.78, 5) is 25.4. The SMILES string of the molecule is CC(C)C(CNC(=O)CNC(=O)[C@@H](N)C(C)C)N(C)C. The van der Waals surface area contributed by atoms with Gasteiger partial charge in [0.25, 0.3) is 0 Å². The van der Waals surface area contributed by atoms with Gasteiger partial charge >= 0.3 is 0 Å². The molecule has 0 bridgehead atoms. The number of amides is 2. The largest absolute Gasteiger partial charge is 0.353 e. The molecular formula is C14H30N4O2. The Morgan fingerprint density at radius 2 is 1.60 bits per heavy atom. The summed E-state index contributed by atoms with van der Waals surface area (Å²) in [5.41, 5.74) is 5.70. The van der Waals surface area contributed by atoms with Crippen molar-refractivity contribution in [2.75, 3.05) is 27.2 Å². The Morgan fingerprint density at radius 3 is 2.00 bits per heavy atom. The second-order valence-corrected chi connectivity index (χ2v) is 6.07. The van der Waals surface area contributed by atoms with E-state index in [2.05, 4.69) is 29.4 Å². The van der Waals surface area contributed by atoms with Gasteiger partial charge < -0.3 is 21.3 Å². The van der Waals surface area contributed by atoms with Gasteiger partial charge in [0, 0.05) is 12.6 Å². The molecule has 4 N–H and O–H groups in total. The molecule has 0 saturated carbocycles. The minimum absolute atomic E-state index is 0.0303. The third-order valence-electron chi connectivity index (χ3n) is 3.39. The topological polar surface area (TPSA) is 87.5 Å². The Bertz CT molecular complexity index is 308. The second kappa shape index (κ2) is 8.92. The van der Waals surface area contributed by atoms with Crippen LogP contribution in [0.25, 0.3) is 0 Å². The third kappa shape index (κ3) is 6.86. The van der Waals surface area contributed by atoms with E-state index in [9.17, 15) is 9.59 Å². The molecule has 0 aromatic rings. The van der Waals surface area contributed by atoms with Crippen LogP contribution in [0.1, 0.15) is 27.7 Å². The molecule has 0 saturated heterocycles. The highest BCUT2D eigenvalue weighted by Gasteiger charge is 2.19. The van der Waals surface area contributed by atoms with E-state index in [0.29, 0.717) is 12.5 Å². The number of hydrogen-bond donors (Lipinski definition) is 3. The average Bonchev–Trinajstić information content (AvgIpc) is 2.34. The molecule has 0 radical (unpaired) electrons. The molecule has 0 heterocycles. The molecule has 0 aliphatic rings. The molecule has 1 unspecified atom stereocenters. The summed E-state index contributed by atoms with van der Waals surface area (Å²) in [5.74, 6) is 0.0105. The van der Waals surface area contributed by atoms with Crippen molar-refractivity contribution in [2.24, 2.45) is 17.6 Å². The highest BCUT2D eigenvalue weighted by molar-refractivity contribution is 5.87. The monoisotopic (exact) mass is 286 g/mol. The molecule has 118 valence electrons. The number of nitrogens with one attached hydrogen (secondary N) is 2. The maximum Gasteiger partial charge on any atom is 0.239 e. The van der Waals surface area contributed by atoms with Crippen molar-refractivity contribution in [1.29, 1.82) is 0 Å². The van der Waals surface area contributed by atoms with Crippen LogP contribution in [0.3, 0.4) is 0 Å². The predicted molar refractivity (Wildman–Crippen MR) is 81.1 cm³/mol. The van der Waals surface area contributed by atoms with E-state index in [1.54, 1.807) is 0 Å². The third-order valence-corrected chi connectivity index (χ3v) is 3.39. The fraction of sp³-hybridized carbons (Fsp3) is 0.857. The lowest BCUT2D eigenvalue weighted by Gasteiger charge is -2.28. The summed E-state index contributed by atoms with van der Waals surface area (Å²) in [7, 11) is 3.97. The number of carbonyl (C=O) groups excluding carboxylic acids is 2. The van der Waals surface area contributed by atoms with Crippen LogP contribution in [0, 0.1) is 11.8 Å². The van der Waals surface area contributed by atoms with Crippen LogP contribution in [0.4, 0.5) is 0 Å². The van der Waals surface area contributed by atoms with Gasteiger partial charge in [-0.05, 0) is 25.9 Å². The maximum atomic E-state index is 11.7. The fourth-order valence-electron chi connectivity index (χ4n) is 1.88. The lowest BCUT2D eigenvalue weighted by Crippen LogP contribution is -2.49. The Balaban J connectivity index is 4.09. The van der Waals surface area contributed by atoms with Gasteiger partial charge in [-0.25, -0.2) is 0 Å². The van der Waals surface area contributed by atoms with Crippen LogP contribution in [0.5, 0.6) is 0 Å². The van der Waals surface area contributed by atoms with Crippen LogP contribution in [-0.4, -0.2) is 56.0 Å². The standard InChI is InChI=1S/C14H30N4O2/c1-9(2)11(18(5)6)7-16-12(19)8-17-14(20)13(15)10(3)4/h9-11,13H,7-8,15H2,1-6H3,(H,16,19)(H,17,20)/t11?,13-/m0/s1. The van der Waals surface area contributed by atoms with Gasteiger partial charge in [0.2, 0.25) is 11.8 Å². The van der Waals surface area contributed by atoms with Gasteiger partial charge in [0.1, 0.15) is 0 Å². The molecule has 6 nitrogen and oxygen atoms in total. The van der Waals surface area contributed by atoms with E-state index in [1.165, 1.54) is 0 Å². The molecule has 0 aliphatic carbocycles. The number of hydrogen-bond acceptors (Lipinski definition) is 4. The first-order chi connectivity index (χ1) is 9.16. The summed E-state index contributed by atoms with van der Waals surface area (Å²) in [5, 5.41) is 5.39. The number of nitrogens with two attached hydrogens (primary N) is 1. The van der Waals surface area contributed by atoms with Gasteiger partial charge in [-0.3, -0.25) is 9.59 Å². The number of carbonyl (C=O) groups is 2. The zero-order chi connectivity index (χ0) is 15.9. The summed E-state index contributed by atoms with van der Waals surface area (Å²) in [6.45, 7) is 8.50. The lowest BCUT2D eigenvalue weighted by molar-refractivity contribution is -0.127. The van der Waals surface area contributed by atoms with Gasteiger partial charge in [-0.2, -0.15) is 0 Å². The Hall–Kier alpha value is -1.14.